The van der Waals surface area contributed by atoms with E-state index in [9.17, 15) is 18.4 Å². The molecule has 1 N–H and O–H groups in total. The van der Waals surface area contributed by atoms with Gasteiger partial charge in [0, 0.05) is 6.54 Å². The van der Waals surface area contributed by atoms with E-state index in [1.165, 1.54) is 0 Å². The predicted molar refractivity (Wildman–Crippen MR) is 54.4 cm³/mol. The lowest BCUT2D eigenvalue weighted by Crippen LogP contribution is -2.34. The van der Waals surface area contributed by atoms with E-state index in [2.05, 4.69) is 4.98 Å². The molecule has 0 aliphatic carbocycles. The zero-order valence-corrected chi connectivity index (χ0v) is 8.38. The predicted octanol–water partition coefficient (Wildman–Crippen LogP) is 0.988. The van der Waals surface area contributed by atoms with Crippen LogP contribution in [0.5, 0.6) is 0 Å². The van der Waals surface area contributed by atoms with Gasteiger partial charge in [0.25, 0.3) is 5.56 Å². The van der Waals surface area contributed by atoms with Crippen LogP contribution in [0.1, 0.15) is 6.92 Å². The average molecular weight is 226 g/mol. The Morgan fingerprint density at radius 2 is 2.00 bits per heavy atom. The Labute approximate surface area is 88.1 Å². The fourth-order valence-electron chi connectivity index (χ4n) is 1.56. The van der Waals surface area contributed by atoms with Crippen LogP contribution in [0, 0.1) is 11.6 Å². The van der Waals surface area contributed by atoms with Crippen molar-refractivity contribution in [2.75, 3.05) is 0 Å². The summed E-state index contributed by atoms with van der Waals surface area (Å²) in [6, 6.07) is 2.03. The van der Waals surface area contributed by atoms with Crippen molar-refractivity contribution >= 4 is 10.9 Å². The van der Waals surface area contributed by atoms with Crippen molar-refractivity contribution in [2.45, 2.75) is 13.5 Å². The first kappa shape index (κ1) is 10.5. The standard InChI is InChI=1S/C10H8F2N2O2/c1-2-14-9(15)7-6(13-10(14)16)4-3-5(11)8(7)12/h3-4H,2H2,1H3,(H,13,16). The summed E-state index contributed by atoms with van der Waals surface area (Å²) in [5, 5.41) is -0.429. The third-order valence-corrected chi connectivity index (χ3v) is 2.36. The molecule has 16 heavy (non-hydrogen) atoms. The van der Waals surface area contributed by atoms with Crippen LogP contribution in [0.15, 0.2) is 21.7 Å². The van der Waals surface area contributed by atoms with Crippen molar-refractivity contribution in [2.24, 2.45) is 0 Å². The highest BCUT2D eigenvalue weighted by Crippen LogP contribution is 2.13. The molecule has 0 radical (unpaired) electrons. The molecule has 0 amide bonds. The SMILES string of the molecule is CCn1c(=O)[nH]c2ccc(F)c(F)c2c1=O. The molecule has 0 fully saturated rings. The van der Waals surface area contributed by atoms with E-state index >= 15 is 0 Å². The Morgan fingerprint density at radius 3 is 2.62 bits per heavy atom. The lowest BCUT2D eigenvalue weighted by Gasteiger charge is -2.04. The molecule has 1 heterocycles. The van der Waals surface area contributed by atoms with Gasteiger partial charge in [-0.25, -0.2) is 13.6 Å². The van der Waals surface area contributed by atoms with Crippen molar-refractivity contribution in [3.63, 3.8) is 0 Å². The molecule has 0 unspecified atom stereocenters. The topological polar surface area (TPSA) is 54.9 Å². The van der Waals surface area contributed by atoms with Crippen molar-refractivity contribution in [1.82, 2.24) is 9.55 Å². The second-order valence-electron chi connectivity index (χ2n) is 3.26. The zero-order chi connectivity index (χ0) is 11.9. The lowest BCUT2D eigenvalue weighted by molar-refractivity contribution is 0.514. The van der Waals surface area contributed by atoms with Crippen LogP contribution in [-0.2, 0) is 6.54 Å². The van der Waals surface area contributed by atoms with Gasteiger partial charge in [0.05, 0.1) is 5.52 Å². The lowest BCUT2D eigenvalue weighted by atomic mass is 10.2. The van der Waals surface area contributed by atoms with Crippen LogP contribution >= 0.6 is 0 Å². The molecule has 0 atom stereocenters. The van der Waals surface area contributed by atoms with E-state index in [-0.39, 0.29) is 12.1 Å². The normalized spacial score (nSPS) is 10.9. The Balaban J connectivity index is 3.08. The number of aromatic amines is 1. The monoisotopic (exact) mass is 226 g/mol. The van der Waals surface area contributed by atoms with E-state index in [4.69, 9.17) is 0 Å². The van der Waals surface area contributed by atoms with Crippen molar-refractivity contribution in [3.05, 3.63) is 44.6 Å². The quantitative estimate of drug-likeness (QED) is 0.788. The molecule has 2 aromatic rings. The number of halogens is 2. The van der Waals surface area contributed by atoms with E-state index in [0.717, 1.165) is 16.7 Å². The number of benzene rings is 1. The van der Waals surface area contributed by atoms with Crippen LogP contribution < -0.4 is 11.2 Å². The second kappa shape index (κ2) is 3.55. The first-order chi connectivity index (χ1) is 7.56. The zero-order valence-electron chi connectivity index (χ0n) is 8.38. The summed E-state index contributed by atoms with van der Waals surface area (Å²) >= 11 is 0. The van der Waals surface area contributed by atoms with Crippen molar-refractivity contribution < 1.29 is 8.78 Å². The van der Waals surface area contributed by atoms with Crippen molar-refractivity contribution in [1.29, 1.82) is 0 Å². The molecule has 0 saturated heterocycles. The minimum Gasteiger partial charge on any atom is -0.307 e. The largest absolute Gasteiger partial charge is 0.328 e. The first-order valence-electron chi connectivity index (χ1n) is 4.67. The van der Waals surface area contributed by atoms with Crippen molar-refractivity contribution in [3.8, 4) is 0 Å². The number of fused-ring (bicyclic) bond motifs is 1. The summed E-state index contributed by atoms with van der Waals surface area (Å²) in [5.74, 6) is -2.35. The van der Waals surface area contributed by atoms with Crippen LogP contribution in [0.25, 0.3) is 10.9 Å². The van der Waals surface area contributed by atoms with Gasteiger partial charge in [0.1, 0.15) is 5.39 Å². The van der Waals surface area contributed by atoms with Gasteiger partial charge >= 0.3 is 5.69 Å². The van der Waals surface area contributed by atoms with Crippen LogP contribution in [0.3, 0.4) is 0 Å². The minimum atomic E-state index is -1.24. The highest BCUT2D eigenvalue weighted by Gasteiger charge is 2.13. The third kappa shape index (κ3) is 1.34. The van der Waals surface area contributed by atoms with Crippen LogP contribution in [0.4, 0.5) is 8.78 Å². The molecule has 0 spiro atoms. The number of nitrogens with zero attached hydrogens (tertiary/aromatic N) is 1. The highest BCUT2D eigenvalue weighted by molar-refractivity contribution is 5.77. The Bertz CT molecular complexity index is 673. The van der Waals surface area contributed by atoms with Crippen LogP contribution in [-0.4, -0.2) is 9.55 Å². The third-order valence-electron chi connectivity index (χ3n) is 2.36. The van der Waals surface area contributed by atoms with E-state index in [1.54, 1.807) is 6.92 Å². The van der Waals surface area contributed by atoms with Gasteiger partial charge in [-0.05, 0) is 19.1 Å². The molecule has 2 rings (SSSR count). The Hall–Kier alpha value is -1.98. The molecule has 4 nitrogen and oxygen atoms in total. The molecule has 84 valence electrons. The second-order valence-corrected chi connectivity index (χ2v) is 3.26. The first-order valence-corrected chi connectivity index (χ1v) is 4.67. The summed E-state index contributed by atoms with van der Waals surface area (Å²) in [6.45, 7) is 1.67. The van der Waals surface area contributed by atoms with Gasteiger partial charge in [0.2, 0.25) is 0 Å². The van der Waals surface area contributed by atoms with Crippen LogP contribution in [0.2, 0.25) is 0 Å². The van der Waals surface area contributed by atoms with Gasteiger partial charge in [-0.15, -0.1) is 0 Å². The number of hydrogen-bond donors (Lipinski definition) is 1. The minimum absolute atomic E-state index is 0.00130. The summed E-state index contributed by atoms with van der Waals surface area (Å²) in [4.78, 5) is 25.4. The molecule has 0 aliphatic heterocycles. The average Bonchev–Trinajstić information content (AvgIpc) is 2.24. The van der Waals surface area contributed by atoms with Gasteiger partial charge in [-0.1, -0.05) is 0 Å². The molecular formula is C10H8F2N2O2. The number of hydrogen-bond acceptors (Lipinski definition) is 2. The summed E-state index contributed by atoms with van der Waals surface area (Å²) in [7, 11) is 0. The molecule has 1 aromatic carbocycles. The summed E-state index contributed by atoms with van der Waals surface area (Å²) in [6.07, 6.45) is 0. The maximum Gasteiger partial charge on any atom is 0.328 e. The van der Waals surface area contributed by atoms with Gasteiger partial charge < -0.3 is 4.98 Å². The molecule has 1 aromatic heterocycles. The summed E-state index contributed by atoms with van der Waals surface area (Å²) < 4.78 is 27.2. The van der Waals surface area contributed by atoms with E-state index in [0.29, 0.717) is 0 Å². The van der Waals surface area contributed by atoms with Gasteiger partial charge in [0.15, 0.2) is 11.6 Å². The molecular weight excluding hydrogens is 218 g/mol. The number of H-pyrrole nitrogens is 1. The molecule has 0 saturated carbocycles. The molecule has 6 heteroatoms. The van der Waals surface area contributed by atoms with Gasteiger partial charge in [-0.2, -0.15) is 0 Å². The number of aromatic nitrogens is 2. The maximum atomic E-state index is 13.4. The smallest absolute Gasteiger partial charge is 0.307 e. The van der Waals surface area contributed by atoms with E-state index in [1.807, 2.05) is 0 Å². The Kier molecular flexibility index (Phi) is 2.34. The van der Waals surface area contributed by atoms with Gasteiger partial charge in [-0.3, -0.25) is 9.36 Å². The fraction of sp³-hybridized carbons (Fsp3) is 0.200. The Morgan fingerprint density at radius 1 is 1.31 bits per heavy atom. The number of nitrogens with one attached hydrogen (secondary N) is 1. The highest BCUT2D eigenvalue weighted by atomic mass is 19.2. The maximum absolute atomic E-state index is 13.4. The number of rotatable bonds is 1. The molecule has 0 aliphatic rings. The fourth-order valence-corrected chi connectivity index (χ4v) is 1.56. The summed E-state index contributed by atoms with van der Waals surface area (Å²) in [5.41, 5.74) is -1.46. The molecule has 0 bridgehead atoms. The van der Waals surface area contributed by atoms with E-state index < -0.39 is 28.3 Å².